The van der Waals surface area contributed by atoms with Crippen molar-refractivity contribution in [3.63, 3.8) is 0 Å². The molecule has 0 aromatic heterocycles. The van der Waals surface area contributed by atoms with Crippen molar-refractivity contribution < 1.29 is 38.4 Å². The number of nitrogens with one attached hydrogen (secondary N) is 4. The summed E-state index contributed by atoms with van der Waals surface area (Å²) in [5.41, 5.74) is 0.486. The van der Waals surface area contributed by atoms with Crippen molar-refractivity contribution in [3.05, 3.63) is 56.6 Å². The number of nitrogens with zero attached hydrogens (tertiary/aromatic N) is 4. The standard InChI is InChI=1S/C19H28N4O6.C15H22N4O4/c1-19(2,3)29-18(25)22-10-6-5-7-14(22)12-20-15-9-8-13(21-17(24)28-4)11-16(15)23(26)27;1-18-8-4-3-5-12(18)10-16-13-7-6-11(17-15(20)23-2)9-14(13)19(21)22/h8-9,11,14,20H,5-7,10,12H2,1-4H3,(H,21,24);6-7,9,12,16H,3-5,8,10H2,1-2H3,(H,17,20). The molecule has 3 amide bonds. The Balaban J connectivity index is 0.000000288. The number of ether oxygens (including phenoxy) is 3. The summed E-state index contributed by atoms with van der Waals surface area (Å²) in [4.78, 5) is 60.7. The first-order valence-corrected chi connectivity index (χ1v) is 17.1. The van der Waals surface area contributed by atoms with E-state index in [0.717, 1.165) is 32.2 Å². The molecule has 4 rings (SSSR count). The van der Waals surface area contributed by atoms with E-state index in [9.17, 15) is 34.6 Å². The van der Waals surface area contributed by atoms with Crippen LogP contribution >= 0.6 is 0 Å². The highest BCUT2D eigenvalue weighted by Crippen LogP contribution is 2.30. The summed E-state index contributed by atoms with van der Waals surface area (Å²) in [6.45, 7) is 8.09. The highest BCUT2D eigenvalue weighted by molar-refractivity contribution is 5.87. The van der Waals surface area contributed by atoms with Crippen molar-refractivity contribution in [3.8, 4) is 0 Å². The summed E-state index contributed by atoms with van der Waals surface area (Å²) in [6, 6.07) is 9.09. The summed E-state index contributed by atoms with van der Waals surface area (Å²) in [7, 11) is 4.52. The van der Waals surface area contributed by atoms with Gasteiger partial charge in [0.05, 0.1) is 41.5 Å². The van der Waals surface area contributed by atoms with Crippen LogP contribution in [-0.4, -0.2) is 103 Å². The summed E-state index contributed by atoms with van der Waals surface area (Å²) in [6.07, 6.45) is 4.35. The molecule has 2 fully saturated rings. The first kappa shape index (κ1) is 41.0. The maximum atomic E-state index is 12.5. The number of benzene rings is 2. The maximum absolute atomic E-state index is 12.5. The first-order chi connectivity index (χ1) is 24.6. The van der Waals surface area contributed by atoms with E-state index in [1.807, 2.05) is 20.8 Å². The lowest BCUT2D eigenvalue weighted by atomic mass is 10.0. The highest BCUT2D eigenvalue weighted by atomic mass is 16.6. The average molecular weight is 731 g/mol. The average Bonchev–Trinajstić information content (AvgIpc) is 3.10. The van der Waals surface area contributed by atoms with Gasteiger partial charge in [0.25, 0.3) is 11.4 Å². The SMILES string of the molecule is COC(=O)Nc1ccc(NCC2CCCCN2C(=O)OC(C)(C)C)c([N+](=O)[O-])c1.COC(=O)Nc1ccc(NCC2CCCCN2C)c([N+](=O)[O-])c1. The van der Waals surface area contributed by atoms with Crippen molar-refractivity contribution in [2.24, 2.45) is 0 Å². The molecule has 18 nitrogen and oxygen atoms in total. The van der Waals surface area contributed by atoms with Crippen LogP contribution in [-0.2, 0) is 14.2 Å². The van der Waals surface area contributed by atoms with Crippen molar-refractivity contribution in [2.75, 3.05) is 68.7 Å². The molecule has 2 aromatic rings. The minimum Gasteiger partial charge on any atom is -0.453 e. The Bertz CT molecular complexity index is 1570. The molecule has 0 radical (unpaired) electrons. The Labute approximate surface area is 302 Å². The van der Waals surface area contributed by atoms with E-state index in [4.69, 9.17) is 4.74 Å². The van der Waals surface area contributed by atoms with Gasteiger partial charge in [-0.25, -0.2) is 14.4 Å². The fraction of sp³-hybridized carbons (Fsp3) is 0.559. The van der Waals surface area contributed by atoms with Crippen LogP contribution in [0.1, 0.15) is 59.3 Å². The van der Waals surface area contributed by atoms with Gasteiger partial charge in [-0.05, 0) is 90.7 Å². The van der Waals surface area contributed by atoms with E-state index in [-0.39, 0.29) is 29.2 Å². The van der Waals surface area contributed by atoms with Crippen molar-refractivity contribution in [1.82, 2.24) is 9.80 Å². The second-order valence-electron chi connectivity index (χ2n) is 13.4. The van der Waals surface area contributed by atoms with Crippen LogP contribution in [0.4, 0.5) is 48.5 Å². The van der Waals surface area contributed by atoms with E-state index < -0.39 is 27.6 Å². The van der Waals surface area contributed by atoms with Gasteiger partial charge in [-0.3, -0.25) is 30.9 Å². The third-order valence-electron chi connectivity index (χ3n) is 8.49. The Morgan fingerprint density at radius 3 is 1.67 bits per heavy atom. The Hall–Kier alpha value is -5.39. The molecular formula is C34H50N8O10. The third kappa shape index (κ3) is 12.7. The molecule has 2 heterocycles. The zero-order valence-corrected chi connectivity index (χ0v) is 30.6. The zero-order chi connectivity index (χ0) is 38.4. The maximum Gasteiger partial charge on any atom is 0.411 e. The predicted molar refractivity (Wildman–Crippen MR) is 196 cm³/mol. The van der Waals surface area contributed by atoms with Crippen molar-refractivity contribution in [1.29, 1.82) is 0 Å². The van der Waals surface area contributed by atoms with Gasteiger partial charge in [-0.1, -0.05) is 6.42 Å². The molecular weight excluding hydrogens is 680 g/mol. The zero-order valence-electron chi connectivity index (χ0n) is 30.6. The van der Waals surface area contributed by atoms with Crippen LogP contribution < -0.4 is 21.3 Å². The lowest BCUT2D eigenvalue weighted by Gasteiger charge is -2.37. The summed E-state index contributed by atoms with van der Waals surface area (Å²) in [5.74, 6) is 0. The number of nitro benzene ring substituents is 2. The van der Waals surface area contributed by atoms with E-state index in [1.54, 1.807) is 23.1 Å². The Morgan fingerprint density at radius 1 is 0.769 bits per heavy atom. The van der Waals surface area contributed by atoms with Gasteiger partial charge in [0.15, 0.2) is 0 Å². The lowest BCUT2D eigenvalue weighted by Crippen LogP contribution is -2.48. The molecule has 0 bridgehead atoms. The van der Waals surface area contributed by atoms with Gasteiger partial charge >= 0.3 is 18.3 Å². The van der Waals surface area contributed by atoms with Crippen LogP contribution in [0.25, 0.3) is 0 Å². The highest BCUT2D eigenvalue weighted by Gasteiger charge is 2.31. The number of likely N-dealkylation sites (tertiary alicyclic amines) is 2. The summed E-state index contributed by atoms with van der Waals surface area (Å²) < 4.78 is 14.5. The number of methoxy groups -OCH3 is 2. The second kappa shape index (κ2) is 19.3. The number of nitro groups is 2. The van der Waals surface area contributed by atoms with Crippen molar-refractivity contribution >= 4 is 52.4 Å². The third-order valence-corrected chi connectivity index (χ3v) is 8.49. The number of anilines is 4. The van der Waals surface area contributed by atoms with Crippen LogP contribution in [0, 0.1) is 20.2 Å². The largest absolute Gasteiger partial charge is 0.453 e. The quantitative estimate of drug-likeness (QED) is 0.114. The molecule has 2 aliphatic heterocycles. The molecule has 0 aliphatic carbocycles. The van der Waals surface area contributed by atoms with E-state index in [0.29, 0.717) is 42.7 Å². The number of amides is 3. The molecule has 2 unspecified atom stereocenters. The minimum atomic E-state index is -0.713. The number of hydrogen-bond acceptors (Lipinski definition) is 13. The van der Waals surface area contributed by atoms with Gasteiger partial charge < -0.3 is 34.6 Å². The minimum absolute atomic E-state index is 0.0719. The number of carbonyl (C=O) groups is 3. The predicted octanol–water partition coefficient (Wildman–Crippen LogP) is 6.64. The molecule has 18 heteroatoms. The smallest absolute Gasteiger partial charge is 0.411 e. The molecule has 2 aliphatic rings. The summed E-state index contributed by atoms with van der Waals surface area (Å²) in [5, 5.41) is 33.8. The van der Waals surface area contributed by atoms with Crippen molar-refractivity contribution in [2.45, 2.75) is 77.0 Å². The topological polar surface area (TPSA) is 220 Å². The Kier molecular flexibility index (Phi) is 15.2. The normalized spacial score (nSPS) is 17.4. The van der Waals surface area contributed by atoms with Gasteiger partial charge in [-0.15, -0.1) is 0 Å². The van der Waals surface area contributed by atoms with Gasteiger partial charge in [0.2, 0.25) is 0 Å². The lowest BCUT2D eigenvalue weighted by molar-refractivity contribution is -0.384. The van der Waals surface area contributed by atoms with Crippen LogP contribution in [0.5, 0.6) is 0 Å². The van der Waals surface area contributed by atoms with Crippen LogP contribution in [0.3, 0.4) is 0 Å². The molecule has 4 N–H and O–H groups in total. The van der Waals surface area contributed by atoms with E-state index in [1.165, 1.54) is 45.3 Å². The number of piperidine rings is 2. The Morgan fingerprint density at radius 2 is 1.23 bits per heavy atom. The first-order valence-electron chi connectivity index (χ1n) is 17.1. The summed E-state index contributed by atoms with van der Waals surface area (Å²) >= 11 is 0. The van der Waals surface area contributed by atoms with Gasteiger partial charge in [0.1, 0.15) is 17.0 Å². The van der Waals surface area contributed by atoms with Crippen LogP contribution in [0.15, 0.2) is 36.4 Å². The fourth-order valence-electron chi connectivity index (χ4n) is 5.79. The van der Waals surface area contributed by atoms with Crippen LogP contribution in [0.2, 0.25) is 0 Å². The molecule has 0 saturated carbocycles. The van der Waals surface area contributed by atoms with E-state index in [2.05, 4.69) is 42.7 Å². The molecule has 2 saturated heterocycles. The molecule has 2 aromatic carbocycles. The number of hydrogen-bond donors (Lipinski definition) is 4. The number of carbonyl (C=O) groups excluding carboxylic acids is 3. The number of rotatable bonds is 10. The molecule has 0 spiro atoms. The fourth-order valence-corrected chi connectivity index (χ4v) is 5.79. The number of likely N-dealkylation sites (N-methyl/N-ethyl adjacent to an activating group) is 1. The second-order valence-corrected chi connectivity index (χ2v) is 13.4. The molecule has 286 valence electrons. The van der Waals surface area contributed by atoms with Gasteiger partial charge in [0, 0.05) is 37.8 Å². The molecule has 2 atom stereocenters. The van der Waals surface area contributed by atoms with Gasteiger partial charge in [-0.2, -0.15) is 0 Å². The van der Waals surface area contributed by atoms with E-state index >= 15 is 0 Å². The monoisotopic (exact) mass is 730 g/mol. The molecule has 52 heavy (non-hydrogen) atoms.